The molecule has 0 amide bonds. The standard InChI is InChI=1S/C14H16BrN3/c15-13-6-12(9-18-10-13)7-14(16)4-3-11-2-1-5-17-8-11/h1-2,5-6,8-10,14H,3-4,7,16H2. The highest BCUT2D eigenvalue weighted by Gasteiger charge is 2.05. The molecule has 18 heavy (non-hydrogen) atoms. The van der Waals surface area contributed by atoms with Crippen LogP contribution in [0, 0.1) is 0 Å². The van der Waals surface area contributed by atoms with Crippen LogP contribution in [0.3, 0.4) is 0 Å². The van der Waals surface area contributed by atoms with Gasteiger partial charge in [0, 0.05) is 35.3 Å². The third kappa shape index (κ3) is 4.20. The molecule has 2 heterocycles. The summed E-state index contributed by atoms with van der Waals surface area (Å²) in [6, 6.07) is 6.26. The van der Waals surface area contributed by atoms with Gasteiger partial charge in [0.25, 0.3) is 0 Å². The van der Waals surface area contributed by atoms with Gasteiger partial charge in [-0.2, -0.15) is 0 Å². The molecule has 3 nitrogen and oxygen atoms in total. The molecule has 0 aliphatic carbocycles. The lowest BCUT2D eigenvalue weighted by molar-refractivity contribution is 0.608. The normalized spacial score (nSPS) is 12.3. The highest BCUT2D eigenvalue weighted by molar-refractivity contribution is 9.10. The Labute approximate surface area is 116 Å². The van der Waals surface area contributed by atoms with E-state index in [1.165, 1.54) is 11.1 Å². The molecule has 2 N–H and O–H groups in total. The largest absolute Gasteiger partial charge is 0.327 e. The van der Waals surface area contributed by atoms with Crippen LogP contribution in [0.4, 0.5) is 0 Å². The third-order valence-electron chi connectivity index (χ3n) is 2.79. The Morgan fingerprint density at radius 2 is 2.00 bits per heavy atom. The van der Waals surface area contributed by atoms with Gasteiger partial charge in [-0.1, -0.05) is 6.07 Å². The van der Waals surface area contributed by atoms with E-state index in [1.807, 2.05) is 18.5 Å². The van der Waals surface area contributed by atoms with Crippen LogP contribution in [0.2, 0.25) is 0 Å². The minimum absolute atomic E-state index is 0.154. The van der Waals surface area contributed by atoms with E-state index in [0.29, 0.717) is 0 Å². The first-order valence-corrected chi connectivity index (χ1v) is 6.77. The van der Waals surface area contributed by atoms with Gasteiger partial charge >= 0.3 is 0 Å². The van der Waals surface area contributed by atoms with Crippen molar-refractivity contribution < 1.29 is 0 Å². The first kappa shape index (κ1) is 13.2. The van der Waals surface area contributed by atoms with Crippen molar-refractivity contribution in [2.24, 2.45) is 5.73 Å². The number of halogens is 1. The van der Waals surface area contributed by atoms with Crippen LogP contribution in [0.15, 0.2) is 47.5 Å². The summed E-state index contributed by atoms with van der Waals surface area (Å²) >= 11 is 3.42. The molecule has 0 bridgehead atoms. The molecule has 0 aliphatic rings. The third-order valence-corrected chi connectivity index (χ3v) is 3.22. The number of rotatable bonds is 5. The van der Waals surface area contributed by atoms with Crippen LogP contribution >= 0.6 is 15.9 Å². The Morgan fingerprint density at radius 1 is 1.17 bits per heavy atom. The molecule has 4 heteroatoms. The summed E-state index contributed by atoms with van der Waals surface area (Å²) in [5.41, 5.74) is 8.55. The lowest BCUT2D eigenvalue weighted by Crippen LogP contribution is -2.23. The summed E-state index contributed by atoms with van der Waals surface area (Å²) in [5.74, 6) is 0. The molecule has 0 fully saturated rings. The number of pyridine rings is 2. The van der Waals surface area contributed by atoms with E-state index in [9.17, 15) is 0 Å². The van der Waals surface area contributed by atoms with Gasteiger partial charge in [-0.15, -0.1) is 0 Å². The summed E-state index contributed by atoms with van der Waals surface area (Å²) < 4.78 is 0.999. The zero-order valence-electron chi connectivity index (χ0n) is 10.1. The van der Waals surface area contributed by atoms with Gasteiger partial charge < -0.3 is 5.73 Å². The second kappa shape index (κ2) is 6.61. The van der Waals surface area contributed by atoms with Crippen LogP contribution in [-0.4, -0.2) is 16.0 Å². The van der Waals surface area contributed by atoms with Crippen LogP contribution in [0.5, 0.6) is 0 Å². The van der Waals surface area contributed by atoms with Crippen LogP contribution in [0.25, 0.3) is 0 Å². The lowest BCUT2D eigenvalue weighted by atomic mass is 10.0. The van der Waals surface area contributed by atoms with Gasteiger partial charge in [0.05, 0.1) is 0 Å². The number of nitrogens with two attached hydrogens (primary N) is 1. The van der Waals surface area contributed by atoms with Crippen molar-refractivity contribution in [3.8, 4) is 0 Å². The zero-order chi connectivity index (χ0) is 12.8. The van der Waals surface area contributed by atoms with Crippen molar-refractivity contribution >= 4 is 15.9 Å². The molecule has 1 unspecified atom stereocenters. The van der Waals surface area contributed by atoms with Gasteiger partial charge in [0.1, 0.15) is 0 Å². The summed E-state index contributed by atoms with van der Waals surface area (Å²) in [7, 11) is 0. The molecule has 2 aromatic heterocycles. The van der Waals surface area contributed by atoms with Gasteiger partial charge in [-0.3, -0.25) is 9.97 Å². The number of hydrogen-bond donors (Lipinski definition) is 1. The summed E-state index contributed by atoms with van der Waals surface area (Å²) in [4.78, 5) is 8.24. The Kier molecular flexibility index (Phi) is 4.84. The summed E-state index contributed by atoms with van der Waals surface area (Å²) in [5, 5.41) is 0. The van der Waals surface area contributed by atoms with Crippen molar-refractivity contribution in [3.05, 3.63) is 58.6 Å². The van der Waals surface area contributed by atoms with Gasteiger partial charge in [0.15, 0.2) is 0 Å². The average molecular weight is 306 g/mol. The van der Waals surface area contributed by atoms with Gasteiger partial charge in [-0.25, -0.2) is 0 Å². The van der Waals surface area contributed by atoms with Crippen LogP contribution < -0.4 is 5.73 Å². The molecule has 0 saturated carbocycles. The average Bonchev–Trinajstić information content (AvgIpc) is 2.38. The SMILES string of the molecule is NC(CCc1cccnc1)Cc1cncc(Br)c1. The van der Waals surface area contributed by atoms with Crippen molar-refractivity contribution in [1.82, 2.24) is 9.97 Å². The molecule has 2 aromatic rings. The molecule has 0 radical (unpaired) electrons. The molecule has 94 valence electrons. The number of nitrogens with zero attached hydrogens (tertiary/aromatic N) is 2. The predicted molar refractivity (Wildman–Crippen MR) is 76.2 cm³/mol. The Bertz CT molecular complexity index is 487. The van der Waals surface area contributed by atoms with Crippen molar-refractivity contribution in [2.75, 3.05) is 0 Å². The summed E-state index contributed by atoms with van der Waals surface area (Å²) in [6.45, 7) is 0. The maximum absolute atomic E-state index is 6.14. The van der Waals surface area contributed by atoms with Gasteiger partial charge in [0.2, 0.25) is 0 Å². The van der Waals surface area contributed by atoms with Crippen LogP contribution in [-0.2, 0) is 12.8 Å². The number of hydrogen-bond acceptors (Lipinski definition) is 3. The van der Waals surface area contributed by atoms with Crippen molar-refractivity contribution in [1.29, 1.82) is 0 Å². The monoisotopic (exact) mass is 305 g/mol. The molecule has 0 saturated heterocycles. The second-order valence-corrected chi connectivity index (χ2v) is 5.29. The Morgan fingerprint density at radius 3 is 2.72 bits per heavy atom. The molecule has 1 atom stereocenters. The topological polar surface area (TPSA) is 51.8 Å². The van der Waals surface area contributed by atoms with Gasteiger partial charge in [-0.05, 0) is 58.5 Å². The fourth-order valence-corrected chi connectivity index (χ4v) is 2.28. The number of aromatic nitrogens is 2. The molecule has 0 aromatic carbocycles. The van der Waals surface area contributed by atoms with Crippen LogP contribution in [0.1, 0.15) is 17.5 Å². The molecule has 2 rings (SSSR count). The maximum Gasteiger partial charge on any atom is 0.0410 e. The first-order valence-electron chi connectivity index (χ1n) is 5.98. The second-order valence-electron chi connectivity index (χ2n) is 4.38. The predicted octanol–water partition coefficient (Wildman–Crippen LogP) is 2.74. The van der Waals surface area contributed by atoms with Crippen molar-refractivity contribution in [2.45, 2.75) is 25.3 Å². The molecule has 0 spiro atoms. The quantitative estimate of drug-likeness (QED) is 0.924. The van der Waals surface area contributed by atoms with E-state index < -0.39 is 0 Å². The van der Waals surface area contributed by atoms with Crippen molar-refractivity contribution in [3.63, 3.8) is 0 Å². The Balaban J connectivity index is 1.84. The minimum Gasteiger partial charge on any atom is -0.327 e. The fraction of sp³-hybridized carbons (Fsp3) is 0.286. The van der Waals surface area contributed by atoms with E-state index >= 15 is 0 Å². The van der Waals surface area contributed by atoms with E-state index in [2.05, 4.69) is 38.0 Å². The summed E-state index contributed by atoms with van der Waals surface area (Å²) in [6.07, 6.45) is 10.1. The fourth-order valence-electron chi connectivity index (χ4n) is 1.87. The molecular weight excluding hydrogens is 290 g/mol. The highest BCUT2D eigenvalue weighted by atomic mass is 79.9. The molecule has 0 aliphatic heterocycles. The minimum atomic E-state index is 0.154. The maximum atomic E-state index is 6.14. The van der Waals surface area contributed by atoms with E-state index in [1.54, 1.807) is 12.4 Å². The number of aryl methyl sites for hydroxylation is 1. The lowest BCUT2D eigenvalue weighted by Gasteiger charge is -2.11. The highest BCUT2D eigenvalue weighted by Crippen LogP contribution is 2.12. The zero-order valence-corrected chi connectivity index (χ0v) is 11.7. The first-order chi connectivity index (χ1) is 8.74. The van der Waals surface area contributed by atoms with E-state index in [4.69, 9.17) is 5.73 Å². The van der Waals surface area contributed by atoms with E-state index in [-0.39, 0.29) is 6.04 Å². The van der Waals surface area contributed by atoms with E-state index in [0.717, 1.165) is 23.7 Å². The molecular formula is C14H16BrN3. The smallest absolute Gasteiger partial charge is 0.0410 e. The Hall–Kier alpha value is -1.26.